The molecule has 4 heterocycles. The van der Waals surface area contributed by atoms with Gasteiger partial charge in [0, 0.05) is 59.3 Å². The van der Waals surface area contributed by atoms with E-state index in [-0.39, 0.29) is 60.3 Å². The molecule has 4 aliphatic rings. The predicted molar refractivity (Wildman–Crippen MR) is 296 cm³/mol. The second kappa shape index (κ2) is 22.6. The highest BCUT2D eigenvalue weighted by molar-refractivity contribution is 7.13. The maximum atomic E-state index is 16.3. The number of aliphatic hydroxyl groups is 1. The number of nitrogens with one attached hydrogen (secondary N) is 6. The lowest BCUT2D eigenvalue weighted by Gasteiger charge is -2.47. The summed E-state index contributed by atoms with van der Waals surface area (Å²) in [7, 11) is 0. The molecule has 2 saturated heterocycles. The van der Waals surface area contributed by atoms with E-state index in [0.29, 0.717) is 53.2 Å². The maximum absolute atomic E-state index is 16.3. The number of benzene rings is 4. The fourth-order valence-corrected chi connectivity index (χ4v) is 13.3. The molecule has 0 radical (unpaired) electrons. The Hall–Kier alpha value is -6.24. The monoisotopic (exact) mass is 1110 g/mol. The zero-order valence-electron chi connectivity index (χ0n) is 43.7. The van der Waals surface area contributed by atoms with E-state index in [1.165, 1.54) is 11.0 Å². The third-order valence-electron chi connectivity index (χ3n) is 15.9. The normalized spacial score (nSPS) is 22.3. The Morgan fingerprint density at radius 2 is 1.66 bits per heavy atom. The molecule has 4 aromatic carbocycles. The van der Waals surface area contributed by atoms with Crippen molar-refractivity contribution in [3.63, 3.8) is 0 Å². The molecule has 7 N–H and O–H groups in total. The maximum Gasteiger partial charge on any atom is 0.251 e. The number of likely N-dealkylation sites (tertiary alicyclic amines) is 1. The highest BCUT2D eigenvalue weighted by Gasteiger charge is 2.72. The molecule has 15 nitrogen and oxygen atoms in total. The summed E-state index contributed by atoms with van der Waals surface area (Å²) < 4.78 is 16.3. The van der Waals surface area contributed by atoms with Crippen molar-refractivity contribution in [2.45, 2.75) is 140 Å². The minimum absolute atomic E-state index is 0.0475. The van der Waals surface area contributed by atoms with Crippen LogP contribution in [0.25, 0.3) is 10.4 Å². The summed E-state index contributed by atoms with van der Waals surface area (Å²) in [5.41, 5.74) is 3.65. The first kappa shape index (κ1) is 55.5. The largest absolute Gasteiger partial charge is 0.391 e. The van der Waals surface area contributed by atoms with Crippen LogP contribution in [0, 0.1) is 18.2 Å². The first-order chi connectivity index (χ1) is 36.7. The Morgan fingerprint density at radius 1 is 0.935 bits per heavy atom. The lowest BCUT2D eigenvalue weighted by Crippen LogP contribution is -2.60. The van der Waals surface area contributed by atoms with Gasteiger partial charge >= 0.3 is 0 Å². The van der Waals surface area contributed by atoms with Gasteiger partial charge in [-0.15, -0.1) is 11.3 Å². The lowest BCUT2D eigenvalue weighted by atomic mass is 9.55. The molecule has 5 aromatic rings. The molecule has 406 valence electrons. The molecule has 7 atom stereocenters. The minimum atomic E-state index is -1.39. The molecule has 1 aliphatic carbocycles. The highest BCUT2D eigenvalue weighted by Crippen LogP contribution is 2.63. The lowest BCUT2D eigenvalue weighted by molar-refractivity contribution is -0.144. The molecule has 3 fully saturated rings. The van der Waals surface area contributed by atoms with Crippen LogP contribution in [0.3, 0.4) is 0 Å². The van der Waals surface area contributed by atoms with E-state index < -0.39 is 70.1 Å². The number of carbonyl (C=O) groups is 6. The van der Waals surface area contributed by atoms with Gasteiger partial charge in [-0.3, -0.25) is 34.1 Å². The summed E-state index contributed by atoms with van der Waals surface area (Å²) in [5.74, 6) is -4.13. The first-order valence-electron chi connectivity index (χ1n) is 26.3. The molecule has 1 saturated carbocycles. The van der Waals surface area contributed by atoms with E-state index in [0.717, 1.165) is 41.0 Å². The fraction of sp³-hybridized carbons (Fsp3) is 0.431. The van der Waals surface area contributed by atoms with Gasteiger partial charge in [0.15, 0.2) is 0 Å². The standard InChI is InChI=1S/C58H65Cl2FN8O7S/c1-32(34-15-17-35(18-16-34)49-33(2)63-31-77-49)64-52(73)44-29-39(70)30-69(44)54(75)50(56(3,4)5)67-45(71)14-7-10-27-62-51(72)36-19-22-38(23-20-36)65-53(74)48-46(40-12-11-13-42(60)47(40)61)58(57(68-48)25-8-6-9-26-57)41-24-21-37(59)28-43(41)66-55(58)76/h11-13,15-24,28,31-32,39,44,46,48,50,68,70H,6-10,14,25-27,29-30H2,1-5H3,(H,62,72)(H,64,73)(H,65,74)(H,66,76)(H,67,71). The van der Waals surface area contributed by atoms with Crippen molar-refractivity contribution in [1.82, 2.24) is 31.2 Å². The third-order valence-corrected chi connectivity index (χ3v) is 17.4. The van der Waals surface area contributed by atoms with Crippen molar-refractivity contribution in [2.75, 3.05) is 23.7 Å². The smallest absolute Gasteiger partial charge is 0.251 e. The number of thiazole rings is 1. The van der Waals surface area contributed by atoms with E-state index in [2.05, 4.69) is 36.9 Å². The zero-order valence-corrected chi connectivity index (χ0v) is 46.1. The first-order valence-corrected chi connectivity index (χ1v) is 28.0. The topological polar surface area (TPSA) is 211 Å². The molecule has 3 aliphatic heterocycles. The van der Waals surface area contributed by atoms with Crippen LogP contribution in [0.5, 0.6) is 0 Å². The average molecular weight is 1110 g/mol. The number of hydrogen-bond donors (Lipinski definition) is 7. The predicted octanol–water partition coefficient (Wildman–Crippen LogP) is 9.12. The molecule has 9 rings (SSSR count). The van der Waals surface area contributed by atoms with Gasteiger partial charge in [0.1, 0.15) is 23.3 Å². The van der Waals surface area contributed by atoms with Gasteiger partial charge in [0.25, 0.3) is 5.91 Å². The number of fused-ring (bicyclic) bond motifs is 3. The van der Waals surface area contributed by atoms with Crippen molar-refractivity contribution < 1.29 is 38.3 Å². The van der Waals surface area contributed by atoms with Crippen molar-refractivity contribution in [3.8, 4) is 10.4 Å². The molecule has 77 heavy (non-hydrogen) atoms. The number of nitrogens with zero attached hydrogens (tertiary/aromatic N) is 2. The van der Waals surface area contributed by atoms with Crippen LogP contribution in [0.15, 0.2) is 90.4 Å². The van der Waals surface area contributed by atoms with Crippen LogP contribution < -0.4 is 31.9 Å². The molecule has 0 bridgehead atoms. The van der Waals surface area contributed by atoms with Gasteiger partial charge in [0.05, 0.1) is 39.3 Å². The van der Waals surface area contributed by atoms with Crippen LogP contribution in [0.1, 0.15) is 130 Å². The van der Waals surface area contributed by atoms with Gasteiger partial charge in [0.2, 0.25) is 29.5 Å². The second-order valence-electron chi connectivity index (χ2n) is 22.0. The van der Waals surface area contributed by atoms with E-state index in [9.17, 15) is 33.9 Å². The Morgan fingerprint density at radius 3 is 2.35 bits per heavy atom. The number of halogens is 3. The number of rotatable bonds is 15. The molecule has 2 spiro atoms. The Balaban J connectivity index is 0.784. The van der Waals surface area contributed by atoms with Gasteiger partial charge in [-0.1, -0.05) is 106 Å². The molecule has 6 amide bonds. The summed E-state index contributed by atoms with van der Waals surface area (Å²) in [5, 5.41) is 29.4. The Labute approximate surface area is 461 Å². The fourth-order valence-electron chi connectivity index (χ4n) is 12.1. The van der Waals surface area contributed by atoms with E-state index >= 15 is 4.39 Å². The van der Waals surface area contributed by atoms with Crippen LogP contribution in [0.2, 0.25) is 10.0 Å². The number of aromatic nitrogens is 1. The number of unbranched alkanes of at least 4 members (excludes halogenated alkanes) is 1. The van der Waals surface area contributed by atoms with Gasteiger partial charge in [-0.05, 0) is 110 Å². The zero-order chi connectivity index (χ0) is 55.0. The van der Waals surface area contributed by atoms with Gasteiger partial charge < -0.3 is 36.6 Å². The number of carbonyl (C=O) groups excluding carboxylic acids is 6. The molecular weight excluding hydrogens is 1040 g/mol. The van der Waals surface area contributed by atoms with Crippen LogP contribution in [-0.4, -0.2) is 93.3 Å². The molecule has 7 unspecified atom stereocenters. The number of amides is 6. The number of aliphatic hydroxyl groups excluding tert-OH is 1. The van der Waals surface area contributed by atoms with E-state index in [1.807, 2.05) is 58.9 Å². The third kappa shape index (κ3) is 11.0. The van der Waals surface area contributed by atoms with Crippen molar-refractivity contribution >= 4 is 81.4 Å². The van der Waals surface area contributed by atoms with Crippen LogP contribution >= 0.6 is 34.5 Å². The van der Waals surface area contributed by atoms with Crippen molar-refractivity contribution in [2.24, 2.45) is 5.41 Å². The quantitative estimate of drug-likeness (QED) is 0.0498. The van der Waals surface area contributed by atoms with Crippen molar-refractivity contribution in [3.05, 3.63) is 134 Å². The molecule has 19 heteroatoms. The van der Waals surface area contributed by atoms with E-state index in [1.54, 1.807) is 71.4 Å². The summed E-state index contributed by atoms with van der Waals surface area (Å²) in [6.45, 7) is 9.51. The molecule has 1 aromatic heterocycles. The van der Waals surface area contributed by atoms with Crippen LogP contribution in [0.4, 0.5) is 15.8 Å². The minimum Gasteiger partial charge on any atom is -0.391 e. The summed E-state index contributed by atoms with van der Waals surface area (Å²) in [6, 6.07) is 20.7. The van der Waals surface area contributed by atoms with E-state index in [4.69, 9.17) is 23.2 Å². The second-order valence-corrected chi connectivity index (χ2v) is 23.7. The number of hydrogen-bond acceptors (Lipinski definition) is 10. The van der Waals surface area contributed by atoms with Crippen molar-refractivity contribution in [1.29, 1.82) is 0 Å². The van der Waals surface area contributed by atoms with Crippen LogP contribution in [-0.2, 0) is 29.4 Å². The Bertz CT molecular complexity index is 3070. The highest BCUT2D eigenvalue weighted by atomic mass is 35.5. The van der Waals surface area contributed by atoms with Gasteiger partial charge in [-0.2, -0.15) is 0 Å². The summed E-state index contributed by atoms with van der Waals surface area (Å²) >= 11 is 14.4. The Kier molecular flexibility index (Phi) is 16.3. The SMILES string of the molecule is Cc1ncsc1-c1ccc(C(C)NC(=O)C2CC(O)CN2C(=O)C(NC(=O)CCCCNC(=O)c2ccc(NC(=O)C3NC4(CCCCC4)C4(C(=O)Nc5cc(Cl)ccc54)C3c3cccc(Cl)c3F)cc2)C(C)(C)C)cc1. The summed E-state index contributed by atoms with van der Waals surface area (Å²) in [6.07, 6.45) is 3.77. The van der Waals surface area contributed by atoms with Gasteiger partial charge in [-0.25, -0.2) is 9.37 Å². The number of anilines is 2. The number of aryl methyl sites for hydroxylation is 1. The summed E-state index contributed by atoms with van der Waals surface area (Å²) in [4.78, 5) is 90.7. The number of β-amino-alcohol motifs (C(OH)–C–C–N with tert-alkyl or cyclic N) is 1. The average Bonchev–Trinajstić information content (AvgIpc) is 3.89. The molecular formula is C58H65Cl2FN8O7S.